The van der Waals surface area contributed by atoms with Gasteiger partial charge >= 0.3 is 0 Å². The summed E-state index contributed by atoms with van der Waals surface area (Å²) in [4.78, 5) is 27.0. The minimum Gasteiger partial charge on any atom is -0.350 e. The average Bonchev–Trinajstić information content (AvgIpc) is 2.96. The molecule has 7 heteroatoms. The molecule has 2 aromatic carbocycles. The Bertz CT molecular complexity index is 939. The third-order valence-corrected chi connectivity index (χ3v) is 4.08. The van der Waals surface area contributed by atoms with Gasteiger partial charge < -0.3 is 15.6 Å². The molecular formula is C18H15ClFN3O2. The number of aromatic amines is 1. The van der Waals surface area contributed by atoms with Crippen molar-refractivity contribution in [1.29, 1.82) is 0 Å². The number of hydrogen-bond donors (Lipinski definition) is 3. The number of nitrogens with one attached hydrogen (secondary N) is 3. The lowest BCUT2D eigenvalue weighted by atomic mass is 10.2. The predicted octanol–water partition coefficient (Wildman–Crippen LogP) is 3.12. The van der Waals surface area contributed by atoms with Crippen LogP contribution in [-0.4, -0.2) is 29.9 Å². The first-order valence-electron chi connectivity index (χ1n) is 7.65. The number of carbonyl (C=O) groups is 2. The van der Waals surface area contributed by atoms with Crippen molar-refractivity contribution in [2.24, 2.45) is 0 Å². The molecule has 5 nitrogen and oxygen atoms in total. The number of carbonyl (C=O) groups excluding carboxylic acids is 2. The zero-order chi connectivity index (χ0) is 17.8. The summed E-state index contributed by atoms with van der Waals surface area (Å²) in [6, 6.07) is 13.0. The maximum atomic E-state index is 13.5. The molecular weight excluding hydrogens is 345 g/mol. The molecule has 3 N–H and O–H groups in total. The quantitative estimate of drug-likeness (QED) is 0.612. The molecule has 25 heavy (non-hydrogen) atoms. The topological polar surface area (TPSA) is 74.0 Å². The van der Waals surface area contributed by atoms with E-state index < -0.39 is 11.7 Å². The van der Waals surface area contributed by atoms with E-state index in [1.807, 2.05) is 24.3 Å². The number of benzene rings is 2. The molecule has 0 bridgehead atoms. The van der Waals surface area contributed by atoms with Crippen LogP contribution < -0.4 is 10.6 Å². The molecule has 1 heterocycles. The summed E-state index contributed by atoms with van der Waals surface area (Å²) in [7, 11) is 0. The zero-order valence-corrected chi connectivity index (χ0v) is 13.9. The van der Waals surface area contributed by atoms with Crippen molar-refractivity contribution in [2.45, 2.75) is 0 Å². The summed E-state index contributed by atoms with van der Waals surface area (Å²) in [5, 5.41) is 6.33. The van der Waals surface area contributed by atoms with Crippen LogP contribution in [0.4, 0.5) is 4.39 Å². The summed E-state index contributed by atoms with van der Waals surface area (Å²) in [6.45, 7) is 0.349. The van der Waals surface area contributed by atoms with Crippen LogP contribution in [0.25, 0.3) is 10.9 Å². The molecule has 1 aromatic heterocycles. The van der Waals surface area contributed by atoms with Gasteiger partial charge in [-0.05, 0) is 18.2 Å². The largest absolute Gasteiger partial charge is 0.350 e. The highest BCUT2D eigenvalue weighted by molar-refractivity contribution is 6.38. The lowest BCUT2D eigenvalue weighted by Crippen LogP contribution is -2.35. The van der Waals surface area contributed by atoms with Crippen molar-refractivity contribution >= 4 is 34.3 Å². The molecule has 3 aromatic rings. The minimum absolute atomic E-state index is 0.0347. The number of hydrogen-bond acceptors (Lipinski definition) is 2. The van der Waals surface area contributed by atoms with Crippen LogP contribution in [0.3, 0.4) is 0 Å². The number of H-pyrrole nitrogens is 1. The van der Waals surface area contributed by atoms with Crippen LogP contribution in [0, 0.1) is 5.82 Å². The van der Waals surface area contributed by atoms with Crippen LogP contribution in [0.15, 0.2) is 48.5 Å². The van der Waals surface area contributed by atoms with Crippen LogP contribution >= 0.6 is 11.6 Å². The van der Waals surface area contributed by atoms with Gasteiger partial charge in [0.1, 0.15) is 11.5 Å². The van der Waals surface area contributed by atoms with E-state index in [1.165, 1.54) is 18.2 Å². The van der Waals surface area contributed by atoms with Gasteiger partial charge in [-0.2, -0.15) is 0 Å². The molecule has 0 atom stereocenters. The smallest absolute Gasteiger partial charge is 0.269 e. The molecule has 0 aliphatic carbocycles. The molecule has 3 rings (SSSR count). The van der Waals surface area contributed by atoms with Gasteiger partial charge in [-0.1, -0.05) is 41.9 Å². The van der Waals surface area contributed by atoms with E-state index in [1.54, 1.807) is 6.07 Å². The highest BCUT2D eigenvalue weighted by Gasteiger charge is 2.16. The SMILES string of the molecule is O=C(NCCNC(=O)c1[nH]c2ccccc2c1Cl)c1ccccc1F. The second-order valence-electron chi connectivity index (χ2n) is 5.35. The average molecular weight is 360 g/mol. The van der Waals surface area contributed by atoms with Crippen LogP contribution in [0.2, 0.25) is 5.02 Å². The number of amides is 2. The van der Waals surface area contributed by atoms with E-state index in [2.05, 4.69) is 15.6 Å². The molecule has 0 saturated heterocycles. The van der Waals surface area contributed by atoms with Crippen LogP contribution in [0.1, 0.15) is 20.8 Å². The van der Waals surface area contributed by atoms with Gasteiger partial charge in [0.2, 0.25) is 0 Å². The van der Waals surface area contributed by atoms with Crippen molar-refractivity contribution in [2.75, 3.05) is 13.1 Å². The third-order valence-electron chi connectivity index (χ3n) is 3.68. The summed E-state index contributed by atoms with van der Waals surface area (Å²) >= 11 is 6.21. The first-order valence-corrected chi connectivity index (χ1v) is 8.03. The van der Waals surface area contributed by atoms with Crippen molar-refractivity contribution in [1.82, 2.24) is 15.6 Å². The summed E-state index contributed by atoms with van der Waals surface area (Å²) < 4.78 is 13.5. The number of halogens is 2. The fraction of sp³-hybridized carbons (Fsp3) is 0.111. The second-order valence-corrected chi connectivity index (χ2v) is 5.73. The summed E-state index contributed by atoms with van der Waals surface area (Å²) in [5.41, 5.74) is 1.00. The van der Waals surface area contributed by atoms with E-state index in [0.29, 0.717) is 5.02 Å². The lowest BCUT2D eigenvalue weighted by Gasteiger charge is -2.07. The molecule has 0 radical (unpaired) electrons. The molecule has 2 amide bonds. The molecule has 0 fully saturated rings. The predicted molar refractivity (Wildman–Crippen MR) is 94.4 cm³/mol. The van der Waals surface area contributed by atoms with E-state index >= 15 is 0 Å². The Balaban J connectivity index is 1.55. The van der Waals surface area contributed by atoms with E-state index in [-0.39, 0.29) is 30.3 Å². The third kappa shape index (κ3) is 3.64. The zero-order valence-electron chi connectivity index (χ0n) is 13.1. The molecule has 0 unspecified atom stereocenters. The number of rotatable bonds is 5. The summed E-state index contributed by atoms with van der Waals surface area (Å²) in [5.74, 6) is -1.49. The number of para-hydroxylation sites is 1. The van der Waals surface area contributed by atoms with Gasteiger partial charge in [-0.3, -0.25) is 9.59 Å². The monoisotopic (exact) mass is 359 g/mol. The van der Waals surface area contributed by atoms with E-state index in [0.717, 1.165) is 10.9 Å². The van der Waals surface area contributed by atoms with E-state index in [4.69, 9.17) is 11.6 Å². The molecule has 0 spiro atoms. The number of fused-ring (bicyclic) bond motifs is 1. The molecule has 0 aliphatic heterocycles. The fourth-order valence-corrected chi connectivity index (χ4v) is 2.74. The van der Waals surface area contributed by atoms with Gasteiger partial charge in [-0.15, -0.1) is 0 Å². The van der Waals surface area contributed by atoms with Gasteiger partial charge in [0.25, 0.3) is 11.8 Å². The van der Waals surface area contributed by atoms with Gasteiger partial charge in [0.15, 0.2) is 0 Å². The first kappa shape index (κ1) is 17.0. The van der Waals surface area contributed by atoms with E-state index in [9.17, 15) is 14.0 Å². The molecule has 0 aliphatic rings. The fourth-order valence-electron chi connectivity index (χ4n) is 2.45. The Morgan fingerprint density at radius 2 is 1.60 bits per heavy atom. The maximum Gasteiger partial charge on any atom is 0.269 e. The van der Waals surface area contributed by atoms with Crippen molar-refractivity contribution in [3.63, 3.8) is 0 Å². The molecule has 0 saturated carbocycles. The van der Waals surface area contributed by atoms with Gasteiger partial charge in [0, 0.05) is 24.0 Å². The second kappa shape index (κ2) is 7.36. The van der Waals surface area contributed by atoms with Gasteiger partial charge in [0.05, 0.1) is 10.6 Å². The Morgan fingerprint density at radius 1 is 0.960 bits per heavy atom. The van der Waals surface area contributed by atoms with Crippen LogP contribution in [-0.2, 0) is 0 Å². The number of aromatic nitrogens is 1. The van der Waals surface area contributed by atoms with Crippen molar-refractivity contribution in [3.8, 4) is 0 Å². The standard InChI is InChI=1S/C18H15ClFN3O2/c19-15-12-6-2-4-8-14(12)23-16(15)18(25)22-10-9-21-17(24)11-5-1-3-7-13(11)20/h1-8,23H,9-10H2,(H,21,24)(H,22,25). The highest BCUT2D eigenvalue weighted by atomic mass is 35.5. The Labute approximate surface area is 148 Å². The Hall–Kier alpha value is -2.86. The van der Waals surface area contributed by atoms with Crippen molar-refractivity contribution < 1.29 is 14.0 Å². The Morgan fingerprint density at radius 3 is 2.32 bits per heavy atom. The molecule has 128 valence electrons. The minimum atomic E-state index is -0.589. The lowest BCUT2D eigenvalue weighted by molar-refractivity contribution is 0.0923. The van der Waals surface area contributed by atoms with Gasteiger partial charge in [-0.25, -0.2) is 4.39 Å². The maximum absolute atomic E-state index is 13.5. The highest BCUT2D eigenvalue weighted by Crippen LogP contribution is 2.26. The van der Waals surface area contributed by atoms with Crippen LogP contribution in [0.5, 0.6) is 0 Å². The van der Waals surface area contributed by atoms with Crippen molar-refractivity contribution in [3.05, 3.63) is 70.6 Å². The first-order chi connectivity index (χ1) is 12.1. The normalized spacial score (nSPS) is 10.6. The summed E-state index contributed by atoms with van der Waals surface area (Å²) in [6.07, 6.45) is 0. The Kier molecular flexibility index (Phi) is 5.00.